The Hall–Kier alpha value is -1.84. The van der Waals surface area contributed by atoms with E-state index in [9.17, 15) is 9.59 Å². The van der Waals surface area contributed by atoms with Gasteiger partial charge in [-0.3, -0.25) is 9.59 Å². The van der Waals surface area contributed by atoms with Crippen LogP contribution in [0, 0.1) is 5.92 Å². The molecule has 0 radical (unpaired) electrons. The van der Waals surface area contributed by atoms with E-state index in [0.717, 1.165) is 37.1 Å². The van der Waals surface area contributed by atoms with E-state index in [-0.39, 0.29) is 23.1 Å². The van der Waals surface area contributed by atoms with E-state index in [1.54, 1.807) is 0 Å². The first-order valence-electron chi connectivity index (χ1n) is 10.0. The van der Waals surface area contributed by atoms with Crippen molar-refractivity contribution in [1.82, 2.24) is 4.90 Å². The van der Waals surface area contributed by atoms with Gasteiger partial charge in [-0.1, -0.05) is 45.9 Å². The summed E-state index contributed by atoms with van der Waals surface area (Å²) in [6.07, 6.45) is 4.73. The van der Waals surface area contributed by atoms with Crippen LogP contribution in [0.5, 0.6) is 0 Å². The van der Waals surface area contributed by atoms with Crippen molar-refractivity contribution in [3.63, 3.8) is 0 Å². The molecule has 2 heterocycles. The molecule has 0 spiro atoms. The van der Waals surface area contributed by atoms with Crippen LogP contribution in [0.25, 0.3) is 0 Å². The van der Waals surface area contributed by atoms with Gasteiger partial charge < -0.3 is 9.80 Å². The molecule has 3 rings (SSSR count). The molecule has 2 aliphatic rings. The number of likely N-dealkylation sites (tertiary alicyclic amines) is 1. The molecular formula is C22H32N2O2. The first-order valence-corrected chi connectivity index (χ1v) is 10.0. The Morgan fingerprint density at radius 3 is 2.62 bits per heavy atom. The molecule has 0 saturated carbocycles. The van der Waals surface area contributed by atoms with E-state index in [0.29, 0.717) is 19.0 Å². The maximum absolute atomic E-state index is 13.1. The minimum atomic E-state index is -0.206. The molecule has 4 nitrogen and oxygen atoms in total. The first kappa shape index (κ1) is 18.9. The van der Waals surface area contributed by atoms with Gasteiger partial charge in [-0.2, -0.15) is 0 Å². The van der Waals surface area contributed by atoms with Crippen LogP contribution in [0.15, 0.2) is 24.3 Å². The Labute approximate surface area is 157 Å². The van der Waals surface area contributed by atoms with Gasteiger partial charge in [0.2, 0.25) is 11.8 Å². The van der Waals surface area contributed by atoms with Gasteiger partial charge in [0.1, 0.15) is 0 Å². The fraction of sp³-hybridized carbons (Fsp3) is 0.636. The highest BCUT2D eigenvalue weighted by Gasteiger charge is 2.40. The van der Waals surface area contributed by atoms with E-state index >= 15 is 0 Å². The topological polar surface area (TPSA) is 40.6 Å². The van der Waals surface area contributed by atoms with Crippen LogP contribution in [0.1, 0.15) is 65.4 Å². The molecule has 0 aliphatic carbocycles. The van der Waals surface area contributed by atoms with Crippen molar-refractivity contribution in [2.24, 2.45) is 5.92 Å². The smallest absolute Gasteiger partial charge is 0.228 e. The van der Waals surface area contributed by atoms with Crippen LogP contribution in [-0.4, -0.2) is 35.8 Å². The summed E-state index contributed by atoms with van der Waals surface area (Å²) in [7, 11) is 0. The zero-order valence-electron chi connectivity index (χ0n) is 16.6. The van der Waals surface area contributed by atoms with Crippen molar-refractivity contribution in [3.05, 3.63) is 29.8 Å². The number of carbonyl (C=O) groups excluding carboxylic acids is 2. The number of benzene rings is 1. The Kier molecular flexibility index (Phi) is 5.40. The standard InChI is InChI=1S/C22H32N2O2/c1-5-17-10-8-9-13-23(17)21(26)16-14-20(25)24(15-16)19-12-7-6-11-18(19)22(2,3)4/h6-7,11-12,16-17H,5,8-10,13-15H2,1-4H3. The van der Waals surface area contributed by atoms with Crippen LogP contribution < -0.4 is 4.90 Å². The van der Waals surface area contributed by atoms with Gasteiger partial charge >= 0.3 is 0 Å². The fourth-order valence-corrected chi connectivity index (χ4v) is 4.40. The molecule has 142 valence electrons. The predicted octanol–water partition coefficient (Wildman–Crippen LogP) is 4.13. The summed E-state index contributed by atoms with van der Waals surface area (Å²) >= 11 is 0. The maximum atomic E-state index is 13.1. The van der Waals surface area contributed by atoms with Gasteiger partial charge in [0.05, 0.1) is 5.92 Å². The van der Waals surface area contributed by atoms with E-state index in [1.807, 2.05) is 23.1 Å². The number of rotatable bonds is 3. The molecule has 1 aromatic rings. The van der Waals surface area contributed by atoms with E-state index in [4.69, 9.17) is 0 Å². The summed E-state index contributed by atoms with van der Waals surface area (Å²) in [5.74, 6) is 0.0495. The minimum absolute atomic E-state index is 0.0425. The number of amides is 2. The zero-order chi connectivity index (χ0) is 18.9. The van der Waals surface area contributed by atoms with Crippen LogP contribution in [0.2, 0.25) is 0 Å². The Morgan fingerprint density at radius 1 is 1.19 bits per heavy atom. The van der Waals surface area contributed by atoms with Crippen molar-refractivity contribution >= 4 is 17.5 Å². The minimum Gasteiger partial charge on any atom is -0.339 e. The molecule has 2 fully saturated rings. The Morgan fingerprint density at radius 2 is 1.92 bits per heavy atom. The largest absolute Gasteiger partial charge is 0.339 e. The van der Waals surface area contributed by atoms with Crippen LogP contribution in [-0.2, 0) is 15.0 Å². The Balaban J connectivity index is 1.80. The molecule has 2 atom stereocenters. The molecule has 2 amide bonds. The van der Waals surface area contributed by atoms with Gasteiger partial charge in [0.15, 0.2) is 0 Å². The maximum Gasteiger partial charge on any atom is 0.228 e. The second-order valence-electron chi connectivity index (χ2n) is 8.76. The molecule has 2 saturated heterocycles. The van der Waals surface area contributed by atoms with Crippen molar-refractivity contribution in [2.75, 3.05) is 18.0 Å². The molecule has 0 bridgehead atoms. The summed E-state index contributed by atoms with van der Waals surface area (Å²) in [5, 5.41) is 0. The summed E-state index contributed by atoms with van der Waals surface area (Å²) < 4.78 is 0. The molecule has 2 unspecified atom stereocenters. The van der Waals surface area contributed by atoms with E-state index in [1.165, 1.54) is 6.42 Å². The average molecular weight is 357 g/mol. The molecule has 0 aromatic heterocycles. The second kappa shape index (κ2) is 7.42. The molecule has 2 aliphatic heterocycles. The summed E-state index contributed by atoms with van der Waals surface area (Å²) in [5.41, 5.74) is 2.08. The highest BCUT2D eigenvalue weighted by atomic mass is 16.2. The number of para-hydroxylation sites is 1. The number of hydrogen-bond acceptors (Lipinski definition) is 2. The van der Waals surface area contributed by atoms with Gasteiger partial charge in [0, 0.05) is 31.2 Å². The predicted molar refractivity (Wildman–Crippen MR) is 105 cm³/mol. The van der Waals surface area contributed by atoms with Crippen LogP contribution in [0.3, 0.4) is 0 Å². The third kappa shape index (κ3) is 3.65. The van der Waals surface area contributed by atoms with E-state index in [2.05, 4.69) is 38.7 Å². The lowest BCUT2D eigenvalue weighted by Crippen LogP contribution is -2.46. The van der Waals surface area contributed by atoms with Gasteiger partial charge in [-0.25, -0.2) is 0 Å². The lowest BCUT2D eigenvalue weighted by molar-refractivity contribution is -0.139. The van der Waals surface area contributed by atoms with Gasteiger partial charge in [0.25, 0.3) is 0 Å². The van der Waals surface area contributed by atoms with Crippen LogP contribution >= 0.6 is 0 Å². The third-order valence-electron chi connectivity index (χ3n) is 5.86. The first-order chi connectivity index (χ1) is 12.3. The number of piperidine rings is 1. The second-order valence-corrected chi connectivity index (χ2v) is 8.76. The summed E-state index contributed by atoms with van der Waals surface area (Å²) in [4.78, 5) is 29.8. The highest BCUT2D eigenvalue weighted by Crippen LogP contribution is 2.36. The third-order valence-corrected chi connectivity index (χ3v) is 5.86. The molecule has 4 heteroatoms. The molecule has 0 N–H and O–H groups in total. The van der Waals surface area contributed by atoms with Crippen molar-refractivity contribution in [2.45, 2.75) is 71.3 Å². The van der Waals surface area contributed by atoms with Crippen molar-refractivity contribution in [1.29, 1.82) is 0 Å². The molecule has 1 aromatic carbocycles. The van der Waals surface area contributed by atoms with Crippen LogP contribution in [0.4, 0.5) is 5.69 Å². The molecular weight excluding hydrogens is 324 g/mol. The lowest BCUT2D eigenvalue weighted by atomic mass is 9.85. The summed E-state index contributed by atoms with van der Waals surface area (Å²) in [6, 6.07) is 8.45. The van der Waals surface area contributed by atoms with E-state index < -0.39 is 0 Å². The van der Waals surface area contributed by atoms with Crippen molar-refractivity contribution < 1.29 is 9.59 Å². The normalized spacial score (nSPS) is 24.2. The number of anilines is 1. The summed E-state index contributed by atoms with van der Waals surface area (Å²) in [6.45, 7) is 10.00. The van der Waals surface area contributed by atoms with Gasteiger partial charge in [-0.15, -0.1) is 0 Å². The monoisotopic (exact) mass is 356 g/mol. The average Bonchev–Trinajstić information content (AvgIpc) is 3.02. The van der Waals surface area contributed by atoms with Gasteiger partial charge in [-0.05, 0) is 42.7 Å². The highest BCUT2D eigenvalue weighted by molar-refractivity contribution is 6.01. The lowest BCUT2D eigenvalue weighted by Gasteiger charge is -2.36. The zero-order valence-corrected chi connectivity index (χ0v) is 16.6. The number of hydrogen-bond donors (Lipinski definition) is 0. The van der Waals surface area contributed by atoms with Crippen molar-refractivity contribution in [3.8, 4) is 0 Å². The Bertz CT molecular complexity index is 677. The molecule has 26 heavy (non-hydrogen) atoms. The number of nitrogens with zero attached hydrogens (tertiary/aromatic N) is 2. The quantitative estimate of drug-likeness (QED) is 0.817. The SMILES string of the molecule is CCC1CCCCN1C(=O)C1CC(=O)N(c2ccccc2C(C)(C)C)C1. The fourth-order valence-electron chi connectivity index (χ4n) is 4.40. The number of carbonyl (C=O) groups is 2.